The lowest BCUT2D eigenvalue weighted by Gasteiger charge is -2.36. The van der Waals surface area contributed by atoms with Crippen LogP contribution in [0.4, 0.5) is 4.79 Å². The van der Waals surface area contributed by atoms with Crippen molar-refractivity contribution in [2.45, 2.75) is 78.1 Å². The number of carbonyl (C=O) groups is 3. The summed E-state index contributed by atoms with van der Waals surface area (Å²) in [5, 5.41) is 35.2. The van der Waals surface area contributed by atoms with Gasteiger partial charge in [0.25, 0.3) is 0 Å². The third kappa shape index (κ3) is 9.79. The van der Waals surface area contributed by atoms with Crippen LogP contribution in [0, 0.1) is 6.92 Å². The second-order valence-electron chi connectivity index (χ2n) is 11.5. The molecule has 0 aliphatic heterocycles. The molecule has 0 radical (unpaired) electrons. The van der Waals surface area contributed by atoms with Gasteiger partial charge in [0.15, 0.2) is 0 Å². The first kappa shape index (κ1) is 31.4. The molecule has 2 aromatic rings. The van der Waals surface area contributed by atoms with Crippen LogP contribution in [0.1, 0.15) is 64.3 Å². The molecule has 2 unspecified atom stereocenters. The van der Waals surface area contributed by atoms with Gasteiger partial charge in [0, 0.05) is 18.5 Å². The molecule has 0 saturated carbocycles. The van der Waals surface area contributed by atoms with Gasteiger partial charge in [-0.15, -0.1) is 0 Å². The van der Waals surface area contributed by atoms with Gasteiger partial charge in [-0.2, -0.15) is 0 Å². The fourth-order valence-corrected chi connectivity index (χ4v) is 3.95. The van der Waals surface area contributed by atoms with Crippen LogP contribution in [0.15, 0.2) is 42.5 Å². The molecule has 0 aliphatic carbocycles. The zero-order valence-electron chi connectivity index (χ0n) is 23.7. The van der Waals surface area contributed by atoms with Crippen molar-refractivity contribution in [2.75, 3.05) is 13.2 Å². The molecule has 0 aliphatic rings. The first-order valence-electron chi connectivity index (χ1n) is 12.8. The van der Waals surface area contributed by atoms with E-state index in [1.165, 1.54) is 23.1 Å². The molecular formula is C29H41N3O7. The largest absolute Gasteiger partial charge is 0.508 e. The maximum absolute atomic E-state index is 14.1. The average Bonchev–Trinajstić information content (AvgIpc) is 2.79. The zero-order chi connectivity index (χ0) is 29.5. The predicted molar refractivity (Wildman–Crippen MR) is 147 cm³/mol. The van der Waals surface area contributed by atoms with Crippen molar-refractivity contribution in [3.05, 3.63) is 59.2 Å². The standard InChI is InChI=1S/C29H41N3O7/c1-18-16-20(10-13-23(18)35)24(25(36)31-28(2,3)4)32(14-15-33)26(37)22(30-27(38)39-29(5,6)7)17-19-8-11-21(34)12-9-19/h8-13,16,22,24,33-35H,14-15,17H2,1-7H3,(H,30,38)(H,31,36). The molecule has 0 aromatic heterocycles. The number of nitrogens with one attached hydrogen (secondary N) is 2. The van der Waals surface area contributed by atoms with E-state index in [1.54, 1.807) is 72.7 Å². The number of alkyl carbamates (subject to hydrolysis) is 1. The van der Waals surface area contributed by atoms with Crippen LogP contribution in [0.5, 0.6) is 11.5 Å². The number of phenols is 2. The molecular weight excluding hydrogens is 502 g/mol. The lowest BCUT2D eigenvalue weighted by atomic mass is 9.97. The van der Waals surface area contributed by atoms with Crippen LogP contribution in [0.3, 0.4) is 0 Å². The highest BCUT2D eigenvalue weighted by molar-refractivity contribution is 5.92. The highest BCUT2D eigenvalue weighted by Crippen LogP contribution is 2.28. The minimum atomic E-state index is -1.18. The van der Waals surface area contributed by atoms with E-state index in [-0.39, 0.29) is 24.5 Å². The molecule has 2 aromatic carbocycles. The third-order valence-corrected chi connectivity index (χ3v) is 5.58. The molecule has 5 N–H and O–H groups in total. The fraction of sp³-hybridized carbons (Fsp3) is 0.483. The van der Waals surface area contributed by atoms with E-state index in [0.717, 1.165) is 0 Å². The number of aryl methyl sites for hydroxylation is 1. The molecule has 3 amide bonds. The van der Waals surface area contributed by atoms with Crippen molar-refractivity contribution < 1.29 is 34.4 Å². The second kappa shape index (κ2) is 12.8. The van der Waals surface area contributed by atoms with Crippen molar-refractivity contribution >= 4 is 17.9 Å². The molecule has 0 heterocycles. The Hall–Kier alpha value is -3.79. The number of hydrogen-bond acceptors (Lipinski definition) is 7. The maximum Gasteiger partial charge on any atom is 0.408 e. The van der Waals surface area contributed by atoms with Crippen LogP contribution in [0.2, 0.25) is 0 Å². The molecule has 10 nitrogen and oxygen atoms in total. The van der Waals surface area contributed by atoms with Gasteiger partial charge in [-0.1, -0.05) is 18.2 Å². The first-order valence-corrected chi connectivity index (χ1v) is 12.8. The monoisotopic (exact) mass is 543 g/mol. The zero-order valence-corrected chi connectivity index (χ0v) is 23.7. The van der Waals surface area contributed by atoms with Crippen LogP contribution in [-0.4, -0.2) is 68.5 Å². The van der Waals surface area contributed by atoms with Crippen LogP contribution >= 0.6 is 0 Å². The second-order valence-corrected chi connectivity index (χ2v) is 11.5. The molecule has 0 bridgehead atoms. The number of amides is 3. The minimum Gasteiger partial charge on any atom is -0.508 e. The van der Waals surface area contributed by atoms with Gasteiger partial charge >= 0.3 is 6.09 Å². The van der Waals surface area contributed by atoms with Gasteiger partial charge in [0.2, 0.25) is 11.8 Å². The summed E-state index contributed by atoms with van der Waals surface area (Å²) in [5.74, 6) is -1.03. The van der Waals surface area contributed by atoms with Gasteiger partial charge in [0.05, 0.1) is 6.61 Å². The molecule has 39 heavy (non-hydrogen) atoms. The van der Waals surface area contributed by atoms with Gasteiger partial charge < -0.3 is 35.6 Å². The van der Waals surface area contributed by atoms with Crippen LogP contribution < -0.4 is 10.6 Å². The first-order chi connectivity index (χ1) is 18.0. The number of rotatable bonds is 9. The van der Waals surface area contributed by atoms with Crippen molar-refractivity contribution in [2.24, 2.45) is 0 Å². The molecule has 0 saturated heterocycles. The Morgan fingerprint density at radius 2 is 1.59 bits per heavy atom. The highest BCUT2D eigenvalue weighted by Gasteiger charge is 2.37. The van der Waals surface area contributed by atoms with E-state index in [0.29, 0.717) is 16.7 Å². The van der Waals surface area contributed by atoms with Gasteiger partial charge in [-0.25, -0.2) is 4.79 Å². The number of benzene rings is 2. The number of carbonyl (C=O) groups excluding carboxylic acids is 3. The fourth-order valence-electron chi connectivity index (χ4n) is 3.95. The third-order valence-electron chi connectivity index (χ3n) is 5.58. The summed E-state index contributed by atoms with van der Waals surface area (Å²) in [5.41, 5.74) is 0.122. The SMILES string of the molecule is Cc1cc(C(C(=O)NC(C)(C)C)N(CCO)C(=O)C(Cc2ccc(O)cc2)NC(=O)OC(C)(C)C)ccc1O. The van der Waals surface area contributed by atoms with E-state index < -0.39 is 47.7 Å². The Labute approximate surface area is 230 Å². The molecule has 214 valence electrons. The van der Waals surface area contributed by atoms with Crippen LogP contribution in [0.25, 0.3) is 0 Å². The van der Waals surface area contributed by atoms with E-state index in [2.05, 4.69) is 10.6 Å². The van der Waals surface area contributed by atoms with Gasteiger partial charge in [-0.05, 0) is 89.4 Å². The Morgan fingerprint density at radius 3 is 2.10 bits per heavy atom. The van der Waals surface area contributed by atoms with Crippen molar-refractivity contribution in [3.8, 4) is 11.5 Å². The van der Waals surface area contributed by atoms with Gasteiger partial charge in [-0.3, -0.25) is 9.59 Å². The molecule has 0 spiro atoms. The van der Waals surface area contributed by atoms with E-state index in [1.807, 2.05) is 0 Å². The summed E-state index contributed by atoms with van der Waals surface area (Å²) in [6.45, 7) is 11.5. The highest BCUT2D eigenvalue weighted by atomic mass is 16.6. The number of aromatic hydroxyl groups is 2. The quantitative estimate of drug-likeness (QED) is 0.326. The molecule has 10 heteroatoms. The van der Waals surface area contributed by atoms with Crippen LogP contribution in [-0.2, 0) is 20.7 Å². The Balaban J connectivity index is 2.57. The lowest BCUT2D eigenvalue weighted by molar-refractivity contribution is -0.143. The number of phenolic OH excluding ortho intramolecular Hbond substituents is 2. The Bertz CT molecular complexity index is 1150. The number of aliphatic hydroxyl groups excluding tert-OH is 1. The normalized spacial score (nSPS) is 13.2. The number of nitrogens with zero attached hydrogens (tertiary/aromatic N) is 1. The number of aliphatic hydroxyl groups is 1. The van der Waals surface area contributed by atoms with E-state index >= 15 is 0 Å². The Kier molecular flexibility index (Phi) is 10.3. The summed E-state index contributed by atoms with van der Waals surface area (Å²) < 4.78 is 5.39. The smallest absolute Gasteiger partial charge is 0.408 e. The lowest BCUT2D eigenvalue weighted by Crippen LogP contribution is -2.55. The topological polar surface area (TPSA) is 148 Å². The maximum atomic E-state index is 14.1. The molecule has 0 fully saturated rings. The van der Waals surface area contributed by atoms with Crippen molar-refractivity contribution in [1.82, 2.24) is 15.5 Å². The summed E-state index contributed by atoms with van der Waals surface area (Å²) in [4.78, 5) is 41.7. The average molecular weight is 544 g/mol. The van der Waals surface area contributed by atoms with E-state index in [9.17, 15) is 29.7 Å². The molecule has 2 atom stereocenters. The minimum absolute atomic E-state index is 0.0303. The van der Waals surface area contributed by atoms with Crippen molar-refractivity contribution in [3.63, 3.8) is 0 Å². The summed E-state index contributed by atoms with van der Waals surface area (Å²) in [6, 6.07) is 8.43. The summed E-state index contributed by atoms with van der Waals surface area (Å²) >= 11 is 0. The van der Waals surface area contributed by atoms with Gasteiger partial charge in [0.1, 0.15) is 29.2 Å². The number of ether oxygens (including phenoxy) is 1. The predicted octanol–water partition coefficient (Wildman–Crippen LogP) is 3.32. The number of hydrogen-bond donors (Lipinski definition) is 5. The van der Waals surface area contributed by atoms with Crippen molar-refractivity contribution in [1.29, 1.82) is 0 Å². The van der Waals surface area contributed by atoms with E-state index in [4.69, 9.17) is 4.74 Å². The summed E-state index contributed by atoms with van der Waals surface area (Å²) in [7, 11) is 0. The Morgan fingerprint density at radius 1 is 0.974 bits per heavy atom. The summed E-state index contributed by atoms with van der Waals surface area (Å²) in [6.07, 6.45) is -0.789. The molecule has 2 rings (SSSR count).